The van der Waals surface area contributed by atoms with Gasteiger partial charge in [0.05, 0.1) is 5.69 Å². The highest BCUT2D eigenvalue weighted by Gasteiger charge is 2.19. The summed E-state index contributed by atoms with van der Waals surface area (Å²) >= 11 is 0. The molecule has 12 aromatic rings. The molecule has 63 heavy (non-hydrogen) atoms. The minimum absolute atomic E-state index is 0.920. The lowest BCUT2D eigenvalue weighted by molar-refractivity contribution is 0.629. The van der Waals surface area contributed by atoms with Crippen molar-refractivity contribution in [3.63, 3.8) is 0 Å². The molecule has 0 aliphatic heterocycles. The van der Waals surface area contributed by atoms with Crippen molar-refractivity contribution in [2.24, 2.45) is 0 Å². The summed E-state index contributed by atoms with van der Waals surface area (Å²) < 4.78 is 6.32. The summed E-state index contributed by atoms with van der Waals surface area (Å²) in [5.74, 6) is 0.926. The standard InChI is InChI=1S/C61H41NO/c1-40-51-17-10-11-24-60(51)63-61(40)48-16-12-15-45(37-48)43-27-25-41(26-28-43)42-29-33-49(34-30-42)62(59-39-47-14-3-5-19-53(47)55-21-8-9-23-57(55)59)50-35-31-44(32-36-50)58-38-46-13-2-4-18-52(46)54-20-6-7-22-56(54)58/h2-39H,1H3. The number of para-hydroxylation sites is 1. The van der Waals surface area contributed by atoms with Crippen LogP contribution >= 0.6 is 0 Å². The molecule has 0 radical (unpaired) electrons. The summed E-state index contributed by atoms with van der Waals surface area (Å²) in [6.07, 6.45) is 0. The second kappa shape index (κ2) is 15.1. The molecule has 1 aromatic heterocycles. The lowest BCUT2D eigenvalue weighted by Gasteiger charge is -2.28. The minimum Gasteiger partial charge on any atom is -0.456 e. The molecule has 12 rings (SSSR count). The van der Waals surface area contributed by atoms with Gasteiger partial charge in [-0.25, -0.2) is 0 Å². The number of rotatable bonds is 7. The van der Waals surface area contributed by atoms with E-state index in [1.165, 1.54) is 76.5 Å². The minimum atomic E-state index is 0.920. The van der Waals surface area contributed by atoms with E-state index in [9.17, 15) is 0 Å². The van der Waals surface area contributed by atoms with Crippen LogP contribution in [0.4, 0.5) is 17.1 Å². The Balaban J connectivity index is 0.919. The molecule has 0 saturated heterocycles. The van der Waals surface area contributed by atoms with Gasteiger partial charge in [-0.15, -0.1) is 0 Å². The quantitative estimate of drug-likeness (QED) is 0.149. The van der Waals surface area contributed by atoms with Crippen LogP contribution in [0.25, 0.3) is 98.8 Å². The molecule has 0 bridgehead atoms. The lowest BCUT2D eigenvalue weighted by atomic mass is 9.93. The lowest BCUT2D eigenvalue weighted by Crippen LogP contribution is -2.10. The van der Waals surface area contributed by atoms with Crippen LogP contribution in [0, 0.1) is 6.92 Å². The number of hydrogen-bond acceptors (Lipinski definition) is 2. The van der Waals surface area contributed by atoms with Crippen LogP contribution in [0.15, 0.2) is 235 Å². The normalized spacial score (nSPS) is 11.6. The first-order valence-electron chi connectivity index (χ1n) is 21.7. The second-order valence-corrected chi connectivity index (χ2v) is 16.5. The highest BCUT2D eigenvalue weighted by Crippen LogP contribution is 2.44. The molecule has 0 saturated carbocycles. The van der Waals surface area contributed by atoms with Crippen molar-refractivity contribution in [3.05, 3.63) is 236 Å². The van der Waals surface area contributed by atoms with E-state index >= 15 is 0 Å². The molecular formula is C61H41NO. The van der Waals surface area contributed by atoms with Gasteiger partial charge in [0.25, 0.3) is 0 Å². The summed E-state index contributed by atoms with van der Waals surface area (Å²) in [5, 5.41) is 11.1. The first-order valence-corrected chi connectivity index (χ1v) is 21.7. The van der Waals surface area contributed by atoms with Crippen molar-refractivity contribution < 1.29 is 4.42 Å². The molecular weight excluding hydrogens is 763 g/mol. The Morgan fingerprint density at radius 3 is 1.41 bits per heavy atom. The summed E-state index contributed by atoms with van der Waals surface area (Å²) in [7, 11) is 0. The predicted octanol–water partition coefficient (Wildman–Crippen LogP) is 17.5. The van der Waals surface area contributed by atoms with Crippen molar-refractivity contribution in [2.75, 3.05) is 4.90 Å². The van der Waals surface area contributed by atoms with Gasteiger partial charge in [0, 0.05) is 33.3 Å². The van der Waals surface area contributed by atoms with Crippen molar-refractivity contribution in [1.29, 1.82) is 0 Å². The summed E-state index contributed by atoms with van der Waals surface area (Å²) in [4.78, 5) is 2.42. The fourth-order valence-electron chi connectivity index (χ4n) is 9.68. The number of nitrogens with zero attached hydrogens (tertiary/aromatic N) is 1. The number of anilines is 3. The van der Waals surface area contributed by atoms with E-state index < -0.39 is 0 Å². The van der Waals surface area contributed by atoms with Crippen LogP contribution in [0.5, 0.6) is 0 Å². The number of hydrogen-bond donors (Lipinski definition) is 0. The zero-order valence-electron chi connectivity index (χ0n) is 34.8. The molecule has 0 N–H and O–H groups in total. The summed E-state index contributed by atoms with van der Waals surface area (Å²) in [6.45, 7) is 2.14. The molecule has 1 heterocycles. The Morgan fingerprint density at radius 1 is 0.317 bits per heavy atom. The number of aryl methyl sites for hydroxylation is 1. The average Bonchev–Trinajstić information content (AvgIpc) is 3.70. The van der Waals surface area contributed by atoms with Crippen molar-refractivity contribution >= 4 is 71.1 Å². The smallest absolute Gasteiger partial charge is 0.138 e. The maximum atomic E-state index is 6.32. The second-order valence-electron chi connectivity index (χ2n) is 16.5. The molecule has 0 fully saturated rings. The highest BCUT2D eigenvalue weighted by molar-refractivity contribution is 6.15. The van der Waals surface area contributed by atoms with E-state index in [1.54, 1.807) is 0 Å². The average molecular weight is 804 g/mol. The van der Waals surface area contributed by atoms with Gasteiger partial charge in [0.15, 0.2) is 0 Å². The fraction of sp³-hybridized carbons (Fsp3) is 0.0164. The maximum Gasteiger partial charge on any atom is 0.138 e. The first kappa shape index (κ1) is 36.6. The summed E-state index contributed by atoms with van der Waals surface area (Å²) in [6, 6.07) is 83.6. The van der Waals surface area contributed by atoms with Crippen LogP contribution in [-0.4, -0.2) is 0 Å². The molecule has 296 valence electrons. The first-order chi connectivity index (χ1) is 31.1. The van der Waals surface area contributed by atoms with E-state index in [4.69, 9.17) is 4.42 Å². The molecule has 2 heteroatoms. The molecule has 0 spiro atoms. The van der Waals surface area contributed by atoms with E-state index in [0.717, 1.165) is 44.9 Å². The van der Waals surface area contributed by atoms with Crippen molar-refractivity contribution in [2.45, 2.75) is 6.92 Å². The van der Waals surface area contributed by atoms with Crippen LogP contribution in [0.2, 0.25) is 0 Å². The van der Waals surface area contributed by atoms with Gasteiger partial charge in [-0.2, -0.15) is 0 Å². The molecule has 0 amide bonds. The third kappa shape index (κ3) is 6.35. The molecule has 0 atom stereocenters. The fourth-order valence-corrected chi connectivity index (χ4v) is 9.68. The highest BCUT2D eigenvalue weighted by atomic mass is 16.3. The van der Waals surface area contributed by atoms with Crippen LogP contribution in [0.3, 0.4) is 0 Å². The van der Waals surface area contributed by atoms with Crippen LogP contribution in [-0.2, 0) is 0 Å². The summed E-state index contributed by atoms with van der Waals surface area (Å²) in [5.41, 5.74) is 13.6. The van der Waals surface area contributed by atoms with Crippen LogP contribution < -0.4 is 4.90 Å². The topological polar surface area (TPSA) is 16.4 Å². The number of benzene rings is 11. The van der Waals surface area contributed by atoms with E-state index in [-0.39, 0.29) is 0 Å². The number of furan rings is 1. The molecule has 0 aliphatic rings. The SMILES string of the molecule is Cc1c(-c2cccc(-c3ccc(-c4ccc(N(c5ccc(-c6cc7ccccc7c7ccccc67)cc5)c5cc6ccccc6c6ccccc56)cc4)cc3)c2)oc2ccccc12. The number of fused-ring (bicyclic) bond motifs is 7. The van der Waals surface area contributed by atoms with Crippen molar-refractivity contribution in [3.8, 4) is 44.7 Å². The zero-order valence-corrected chi connectivity index (χ0v) is 34.8. The maximum absolute atomic E-state index is 6.32. The third-order valence-electron chi connectivity index (χ3n) is 12.8. The van der Waals surface area contributed by atoms with E-state index in [1.807, 2.05) is 12.1 Å². The van der Waals surface area contributed by atoms with Gasteiger partial charge in [-0.3, -0.25) is 0 Å². The third-order valence-corrected chi connectivity index (χ3v) is 12.8. The zero-order chi connectivity index (χ0) is 41.9. The molecule has 0 unspecified atom stereocenters. The van der Waals surface area contributed by atoms with E-state index in [2.05, 4.69) is 230 Å². The van der Waals surface area contributed by atoms with Crippen molar-refractivity contribution in [1.82, 2.24) is 0 Å². The Morgan fingerprint density at radius 2 is 0.778 bits per heavy atom. The van der Waals surface area contributed by atoms with Crippen LogP contribution in [0.1, 0.15) is 5.56 Å². The molecule has 11 aromatic carbocycles. The van der Waals surface area contributed by atoms with Gasteiger partial charge in [-0.05, 0) is 127 Å². The molecule has 2 nitrogen and oxygen atoms in total. The predicted molar refractivity (Wildman–Crippen MR) is 267 cm³/mol. The Hall–Kier alpha value is -8.20. The van der Waals surface area contributed by atoms with E-state index in [0.29, 0.717) is 0 Å². The van der Waals surface area contributed by atoms with Gasteiger partial charge in [0.1, 0.15) is 11.3 Å². The Labute approximate surface area is 366 Å². The Bertz CT molecular complexity index is 3670. The van der Waals surface area contributed by atoms with Gasteiger partial charge in [-0.1, -0.05) is 182 Å². The largest absolute Gasteiger partial charge is 0.456 e. The van der Waals surface area contributed by atoms with Gasteiger partial charge in [0.2, 0.25) is 0 Å². The van der Waals surface area contributed by atoms with Gasteiger partial charge < -0.3 is 9.32 Å². The molecule has 0 aliphatic carbocycles. The van der Waals surface area contributed by atoms with Gasteiger partial charge >= 0.3 is 0 Å². The Kier molecular flexibility index (Phi) is 8.76. The monoisotopic (exact) mass is 803 g/mol.